The Bertz CT molecular complexity index is 793. The first kappa shape index (κ1) is 20.9. The van der Waals surface area contributed by atoms with E-state index >= 15 is 0 Å². The van der Waals surface area contributed by atoms with Crippen molar-refractivity contribution in [3.8, 4) is 0 Å². The number of hydrogen-bond acceptors (Lipinski definition) is 5. The molecule has 0 radical (unpaired) electrons. The molecular formula is C21H27ClN4OS. The van der Waals surface area contributed by atoms with Gasteiger partial charge >= 0.3 is 0 Å². The lowest BCUT2D eigenvalue weighted by Gasteiger charge is -2.27. The third-order valence-corrected chi connectivity index (χ3v) is 6.03. The first-order valence-electron chi connectivity index (χ1n) is 9.87. The van der Waals surface area contributed by atoms with Gasteiger partial charge in [0.25, 0.3) is 5.91 Å². The molecule has 3 rings (SSSR count). The van der Waals surface area contributed by atoms with Gasteiger partial charge in [0.1, 0.15) is 11.0 Å². The normalized spacial score (nSPS) is 15.3. The van der Waals surface area contributed by atoms with E-state index < -0.39 is 0 Å². The summed E-state index contributed by atoms with van der Waals surface area (Å²) in [6.45, 7) is 6.11. The molecule has 28 heavy (non-hydrogen) atoms. The molecule has 0 aliphatic carbocycles. The molecule has 1 aromatic carbocycles. The van der Waals surface area contributed by atoms with Crippen molar-refractivity contribution in [3.63, 3.8) is 0 Å². The van der Waals surface area contributed by atoms with E-state index in [1.165, 1.54) is 19.3 Å². The minimum Gasteiger partial charge on any atom is -0.356 e. The van der Waals surface area contributed by atoms with Crippen LogP contribution in [0.15, 0.2) is 35.5 Å². The Labute approximate surface area is 176 Å². The van der Waals surface area contributed by atoms with Crippen LogP contribution in [0.3, 0.4) is 0 Å². The predicted octanol–water partition coefficient (Wildman–Crippen LogP) is 4.94. The van der Waals surface area contributed by atoms with E-state index in [0.29, 0.717) is 15.9 Å². The predicted molar refractivity (Wildman–Crippen MR) is 116 cm³/mol. The van der Waals surface area contributed by atoms with Gasteiger partial charge in [0.2, 0.25) is 0 Å². The molecule has 0 saturated carbocycles. The molecule has 1 aliphatic rings. The summed E-state index contributed by atoms with van der Waals surface area (Å²) in [7, 11) is 0. The Balaban J connectivity index is 1.60. The molecule has 0 spiro atoms. The molecule has 1 unspecified atom stereocenters. The average molecular weight is 419 g/mol. The molecule has 2 aromatic rings. The van der Waals surface area contributed by atoms with Crippen LogP contribution >= 0.6 is 23.4 Å². The quantitative estimate of drug-likeness (QED) is 0.392. The highest BCUT2D eigenvalue weighted by atomic mass is 35.5. The number of thioether (sulfide) groups is 1. The van der Waals surface area contributed by atoms with Crippen molar-refractivity contribution in [2.45, 2.75) is 56.5 Å². The molecule has 0 bridgehead atoms. The molecule has 1 fully saturated rings. The third-order valence-electron chi connectivity index (χ3n) is 4.91. The van der Waals surface area contributed by atoms with Crippen LogP contribution in [0.5, 0.6) is 0 Å². The minimum atomic E-state index is -0.0297. The van der Waals surface area contributed by atoms with Gasteiger partial charge < -0.3 is 10.2 Å². The van der Waals surface area contributed by atoms with Crippen molar-refractivity contribution in [2.75, 3.05) is 18.0 Å². The SMILES string of the molecule is CCC(C)NC(=O)c1ccc(CSc2nc(Cl)cc(N3CCCCC3)n2)cc1. The van der Waals surface area contributed by atoms with Crippen molar-refractivity contribution < 1.29 is 4.79 Å². The summed E-state index contributed by atoms with van der Waals surface area (Å²) in [6, 6.07) is 9.72. The second-order valence-electron chi connectivity index (χ2n) is 7.15. The Kier molecular flexibility index (Phi) is 7.57. The van der Waals surface area contributed by atoms with Gasteiger partial charge in [0.15, 0.2) is 5.16 Å². The van der Waals surface area contributed by atoms with E-state index in [9.17, 15) is 4.79 Å². The lowest BCUT2D eigenvalue weighted by atomic mass is 10.1. The number of rotatable bonds is 7. The molecule has 150 valence electrons. The number of aromatic nitrogens is 2. The van der Waals surface area contributed by atoms with E-state index in [2.05, 4.69) is 27.1 Å². The molecular weight excluding hydrogens is 392 g/mol. The number of hydrogen-bond donors (Lipinski definition) is 1. The van der Waals surface area contributed by atoms with Gasteiger partial charge in [-0.2, -0.15) is 0 Å². The Morgan fingerprint density at radius 2 is 1.93 bits per heavy atom. The standard InChI is InChI=1S/C21H27ClN4OS/c1-3-15(2)23-20(27)17-9-7-16(8-10-17)14-28-21-24-18(22)13-19(25-21)26-11-5-4-6-12-26/h7-10,13,15H,3-6,11-12,14H2,1-2H3,(H,23,27). The van der Waals surface area contributed by atoms with Crippen molar-refractivity contribution in [1.82, 2.24) is 15.3 Å². The molecule has 1 aliphatic heterocycles. The summed E-state index contributed by atoms with van der Waals surface area (Å²) in [5, 5.41) is 4.15. The van der Waals surface area contributed by atoms with Crippen LogP contribution in [0.2, 0.25) is 5.15 Å². The van der Waals surface area contributed by atoms with Crippen molar-refractivity contribution in [3.05, 3.63) is 46.6 Å². The average Bonchev–Trinajstić information content (AvgIpc) is 2.72. The van der Waals surface area contributed by atoms with Crippen molar-refractivity contribution >= 4 is 35.1 Å². The number of nitrogens with zero attached hydrogens (tertiary/aromatic N) is 3. The summed E-state index contributed by atoms with van der Waals surface area (Å²) in [4.78, 5) is 23.5. The number of benzene rings is 1. The smallest absolute Gasteiger partial charge is 0.251 e. The number of halogens is 1. The fraction of sp³-hybridized carbons (Fsp3) is 0.476. The summed E-state index contributed by atoms with van der Waals surface area (Å²) in [6.07, 6.45) is 4.59. The zero-order valence-corrected chi connectivity index (χ0v) is 18.0. The highest BCUT2D eigenvalue weighted by Gasteiger charge is 2.15. The van der Waals surface area contributed by atoms with Crippen LogP contribution in [-0.4, -0.2) is 35.0 Å². The molecule has 1 N–H and O–H groups in total. The number of anilines is 1. The third kappa shape index (κ3) is 5.85. The zero-order chi connectivity index (χ0) is 19.9. The monoisotopic (exact) mass is 418 g/mol. The molecule has 1 aromatic heterocycles. The van der Waals surface area contributed by atoms with E-state index in [0.717, 1.165) is 36.6 Å². The molecule has 2 heterocycles. The highest BCUT2D eigenvalue weighted by molar-refractivity contribution is 7.98. The van der Waals surface area contributed by atoms with Crippen molar-refractivity contribution in [1.29, 1.82) is 0 Å². The largest absolute Gasteiger partial charge is 0.356 e. The Hall–Kier alpha value is -1.79. The van der Waals surface area contributed by atoms with E-state index in [1.807, 2.05) is 37.3 Å². The Morgan fingerprint density at radius 3 is 2.61 bits per heavy atom. The van der Waals surface area contributed by atoms with Gasteiger partial charge in [-0.3, -0.25) is 4.79 Å². The molecule has 1 saturated heterocycles. The lowest BCUT2D eigenvalue weighted by Crippen LogP contribution is -2.31. The maximum Gasteiger partial charge on any atom is 0.251 e. The van der Waals surface area contributed by atoms with E-state index in [4.69, 9.17) is 11.6 Å². The fourth-order valence-corrected chi connectivity index (χ4v) is 4.08. The number of nitrogens with one attached hydrogen (secondary N) is 1. The number of piperidine rings is 1. The minimum absolute atomic E-state index is 0.0297. The van der Waals surface area contributed by atoms with Gasteiger partial charge in [-0.05, 0) is 50.3 Å². The second kappa shape index (κ2) is 10.1. The Morgan fingerprint density at radius 1 is 1.21 bits per heavy atom. The lowest BCUT2D eigenvalue weighted by molar-refractivity contribution is 0.0939. The first-order valence-corrected chi connectivity index (χ1v) is 11.2. The zero-order valence-electron chi connectivity index (χ0n) is 16.4. The van der Waals surface area contributed by atoms with Gasteiger partial charge in [-0.1, -0.05) is 42.4 Å². The molecule has 7 heteroatoms. The summed E-state index contributed by atoms with van der Waals surface area (Å²) >= 11 is 7.78. The van der Waals surface area contributed by atoms with Crippen LogP contribution in [-0.2, 0) is 5.75 Å². The summed E-state index contributed by atoms with van der Waals surface area (Å²) in [5.74, 6) is 1.62. The van der Waals surface area contributed by atoms with Gasteiger partial charge in [-0.25, -0.2) is 9.97 Å². The van der Waals surface area contributed by atoms with Gasteiger partial charge in [-0.15, -0.1) is 0 Å². The summed E-state index contributed by atoms with van der Waals surface area (Å²) in [5.41, 5.74) is 1.80. The number of carbonyl (C=O) groups excluding carboxylic acids is 1. The maximum absolute atomic E-state index is 12.2. The maximum atomic E-state index is 12.2. The van der Waals surface area contributed by atoms with Crippen LogP contribution in [0.1, 0.15) is 55.5 Å². The summed E-state index contributed by atoms with van der Waals surface area (Å²) < 4.78 is 0. The van der Waals surface area contributed by atoms with Crippen LogP contribution < -0.4 is 10.2 Å². The molecule has 5 nitrogen and oxygen atoms in total. The second-order valence-corrected chi connectivity index (χ2v) is 8.48. The van der Waals surface area contributed by atoms with Crippen LogP contribution in [0.4, 0.5) is 5.82 Å². The van der Waals surface area contributed by atoms with Gasteiger partial charge in [0.05, 0.1) is 0 Å². The van der Waals surface area contributed by atoms with E-state index in [-0.39, 0.29) is 11.9 Å². The highest BCUT2D eigenvalue weighted by Crippen LogP contribution is 2.26. The molecule has 1 amide bonds. The van der Waals surface area contributed by atoms with Crippen LogP contribution in [0.25, 0.3) is 0 Å². The number of carbonyl (C=O) groups is 1. The van der Waals surface area contributed by atoms with Crippen molar-refractivity contribution in [2.24, 2.45) is 0 Å². The van der Waals surface area contributed by atoms with Crippen LogP contribution in [0, 0.1) is 0 Å². The van der Waals surface area contributed by atoms with Gasteiger partial charge in [0, 0.05) is 36.5 Å². The topological polar surface area (TPSA) is 58.1 Å². The molecule has 1 atom stereocenters. The van der Waals surface area contributed by atoms with E-state index in [1.54, 1.807) is 11.8 Å². The fourth-order valence-electron chi connectivity index (χ4n) is 3.04. The first-order chi connectivity index (χ1) is 13.5. The number of amides is 1.